The lowest BCUT2D eigenvalue weighted by molar-refractivity contribution is -0.144. The van der Waals surface area contributed by atoms with Gasteiger partial charge >= 0.3 is 5.97 Å². The molecule has 0 atom stereocenters. The fourth-order valence-corrected chi connectivity index (χ4v) is 2.71. The van der Waals surface area contributed by atoms with Gasteiger partial charge in [-0.3, -0.25) is 4.79 Å². The summed E-state index contributed by atoms with van der Waals surface area (Å²) in [5.41, 5.74) is 8.70. The lowest BCUT2D eigenvalue weighted by Crippen LogP contribution is -2.14. The minimum atomic E-state index is -0.268. The summed E-state index contributed by atoms with van der Waals surface area (Å²) in [6.07, 6.45) is 3.28. The maximum absolute atomic E-state index is 12.1. The summed E-state index contributed by atoms with van der Waals surface area (Å²) in [5, 5.41) is 1.73. The second-order valence-corrected chi connectivity index (χ2v) is 5.64. The molecule has 6 heteroatoms. The van der Waals surface area contributed by atoms with Gasteiger partial charge in [-0.1, -0.05) is 25.5 Å². The average Bonchev–Trinajstić information content (AvgIpc) is 2.82. The van der Waals surface area contributed by atoms with Gasteiger partial charge in [-0.15, -0.1) is 0 Å². The molecule has 0 fully saturated rings. The van der Waals surface area contributed by atoms with E-state index in [2.05, 4.69) is 16.9 Å². The monoisotopic (exact) mass is 312 g/mol. The van der Waals surface area contributed by atoms with Crippen molar-refractivity contribution in [3.8, 4) is 0 Å². The highest BCUT2D eigenvalue weighted by Crippen LogP contribution is 2.31. The highest BCUT2D eigenvalue weighted by molar-refractivity contribution is 6.11. The third-order valence-corrected chi connectivity index (χ3v) is 3.87. The zero-order valence-corrected chi connectivity index (χ0v) is 13.4. The number of nitrogens with zero attached hydrogens (tertiary/aromatic N) is 3. The minimum Gasteiger partial charge on any atom is -0.464 e. The normalized spacial score (nSPS) is 11.2. The molecule has 3 rings (SSSR count). The molecule has 1 aromatic carbocycles. The van der Waals surface area contributed by atoms with Gasteiger partial charge in [0.05, 0.1) is 17.5 Å². The van der Waals surface area contributed by atoms with Crippen LogP contribution in [0.15, 0.2) is 24.5 Å². The van der Waals surface area contributed by atoms with Crippen LogP contribution < -0.4 is 5.73 Å². The predicted molar refractivity (Wildman–Crippen MR) is 90.1 cm³/mol. The molecule has 2 heterocycles. The molecule has 0 unspecified atom stereocenters. The second-order valence-electron chi connectivity index (χ2n) is 5.64. The van der Waals surface area contributed by atoms with Crippen molar-refractivity contribution in [3.05, 3.63) is 30.1 Å². The standard InChI is InChI=1S/C17H20N4O2/c1-3-4-7-23-14(22)9-21-13-8-11(2)5-6-12(13)15-16(18)19-10-20-17(15)21/h5-6,8,10H,3-4,7,9H2,1-2H3,(H2,18,19,20). The Morgan fingerprint density at radius 2 is 2.17 bits per heavy atom. The smallest absolute Gasteiger partial charge is 0.326 e. The summed E-state index contributed by atoms with van der Waals surface area (Å²) in [7, 11) is 0. The predicted octanol–water partition coefficient (Wildman–Crippen LogP) is 2.82. The first-order valence-electron chi connectivity index (χ1n) is 7.76. The number of anilines is 1. The van der Waals surface area contributed by atoms with Crippen LogP contribution in [0.1, 0.15) is 25.3 Å². The Morgan fingerprint density at radius 3 is 2.96 bits per heavy atom. The van der Waals surface area contributed by atoms with Crippen molar-refractivity contribution < 1.29 is 9.53 Å². The third kappa shape index (κ3) is 2.84. The van der Waals surface area contributed by atoms with Gasteiger partial charge in [-0.05, 0) is 25.0 Å². The van der Waals surface area contributed by atoms with Crippen LogP contribution in [0.4, 0.5) is 5.82 Å². The molecule has 6 nitrogen and oxygen atoms in total. The number of aromatic nitrogens is 3. The number of carbonyl (C=O) groups excluding carboxylic acids is 1. The molecule has 0 saturated heterocycles. The quantitative estimate of drug-likeness (QED) is 0.578. The van der Waals surface area contributed by atoms with Crippen molar-refractivity contribution in [1.29, 1.82) is 0 Å². The maximum Gasteiger partial charge on any atom is 0.326 e. The first-order chi connectivity index (χ1) is 11.1. The van der Waals surface area contributed by atoms with Crippen LogP contribution in [-0.4, -0.2) is 27.1 Å². The zero-order valence-electron chi connectivity index (χ0n) is 13.4. The number of aryl methyl sites for hydroxylation is 1. The van der Waals surface area contributed by atoms with E-state index in [1.54, 1.807) is 0 Å². The second kappa shape index (κ2) is 6.24. The van der Waals surface area contributed by atoms with Crippen LogP contribution in [0.25, 0.3) is 21.9 Å². The van der Waals surface area contributed by atoms with E-state index in [0.29, 0.717) is 18.1 Å². The molecule has 3 aromatic rings. The summed E-state index contributed by atoms with van der Waals surface area (Å²) < 4.78 is 7.13. The number of hydrogen-bond acceptors (Lipinski definition) is 5. The molecule has 0 aliphatic carbocycles. The Labute approximate surface area is 134 Å². The Hall–Kier alpha value is -2.63. The fourth-order valence-electron chi connectivity index (χ4n) is 2.71. The van der Waals surface area contributed by atoms with Crippen LogP contribution in [0.3, 0.4) is 0 Å². The molecule has 0 saturated carbocycles. The van der Waals surface area contributed by atoms with Gasteiger partial charge in [0.25, 0.3) is 0 Å². The molecule has 23 heavy (non-hydrogen) atoms. The lowest BCUT2D eigenvalue weighted by atomic mass is 10.1. The molecule has 0 amide bonds. The Morgan fingerprint density at radius 1 is 1.35 bits per heavy atom. The fraction of sp³-hybridized carbons (Fsp3) is 0.353. The van der Waals surface area contributed by atoms with Crippen LogP contribution in [-0.2, 0) is 16.1 Å². The number of nitrogens with two attached hydrogens (primary N) is 1. The van der Waals surface area contributed by atoms with E-state index in [4.69, 9.17) is 10.5 Å². The topological polar surface area (TPSA) is 83.0 Å². The Balaban J connectivity index is 2.08. The first-order valence-corrected chi connectivity index (χ1v) is 7.76. The Bertz CT molecular complexity index is 870. The van der Waals surface area contributed by atoms with Crippen LogP contribution >= 0.6 is 0 Å². The highest BCUT2D eigenvalue weighted by Gasteiger charge is 2.17. The number of unbranched alkanes of at least 4 members (excludes halogenated alkanes) is 1. The molecule has 2 aromatic heterocycles. The number of carbonyl (C=O) groups is 1. The Kier molecular flexibility index (Phi) is 4.14. The molecule has 120 valence electrons. The number of fused-ring (bicyclic) bond motifs is 3. The average molecular weight is 312 g/mol. The molecule has 0 aliphatic heterocycles. The van der Waals surface area contributed by atoms with Crippen molar-refractivity contribution in [2.75, 3.05) is 12.3 Å². The van der Waals surface area contributed by atoms with Crippen molar-refractivity contribution in [1.82, 2.24) is 14.5 Å². The van der Waals surface area contributed by atoms with Gasteiger partial charge in [-0.25, -0.2) is 9.97 Å². The SMILES string of the molecule is CCCCOC(=O)Cn1c2cc(C)ccc2c2c(N)ncnc21. The summed E-state index contributed by atoms with van der Waals surface area (Å²) in [5.74, 6) is 0.151. The number of rotatable bonds is 5. The zero-order chi connectivity index (χ0) is 16.4. The molecule has 0 radical (unpaired) electrons. The van der Waals surface area contributed by atoms with Gasteiger partial charge in [0.1, 0.15) is 24.3 Å². The van der Waals surface area contributed by atoms with E-state index in [1.165, 1.54) is 6.33 Å². The third-order valence-electron chi connectivity index (χ3n) is 3.87. The van der Waals surface area contributed by atoms with Crippen molar-refractivity contribution >= 4 is 33.7 Å². The molecule has 2 N–H and O–H groups in total. The van der Waals surface area contributed by atoms with E-state index >= 15 is 0 Å². The van der Waals surface area contributed by atoms with E-state index in [0.717, 1.165) is 34.7 Å². The van der Waals surface area contributed by atoms with E-state index in [-0.39, 0.29) is 12.5 Å². The first kappa shape index (κ1) is 15.3. The minimum absolute atomic E-state index is 0.115. The molecule has 0 spiro atoms. The highest BCUT2D eigenvalue weighted by atomic mass is 16.5. The number of esters is 1. The van der Waals surface area contributed by atoms with Crippen molar-refractivity contribution in [2.24, 2.45) is 0 Å². The van der Waals surface area contributed by atoms with E-state index in [1.807, 2.05) is 29.7 Å². The molecular formula is C17H20N4O2. The number of nitrogen functional groups attached to an aromatic ring is 1. The summed E-state index contributed by atoms with van der Waals surface area (Å²) in [4.78, 5) is 20.5. The van der Waals surface area contributed by atoms with Gasteiger partial charge in [0.15, 0.2) is 0 Å². The van der Waals surface area contributed by atoms with Gasteiger partial charge < -0.3 is 15.0 Å². The van der Waals surface area contributed by atoms with E-state index in [9.17, 15) is 4.79 Å². The largest absolute Gasteiger partial charge is 0.464 e. The summed E-state index contributed by atoms with van der Waals surface area (Å²) in [6, 6.07) is 6.03. The van der Waals surface area contributed by atoms with Gasteiger partial charge in [-0.2, -0.15) is 0 Å². The maximum atomic E-state index is 12.1. The van der Waals surface area contributed by atoms with Gasteiger partial charge in [0.2, 0.25) is 0 Å². The lowest BCUT2D eigenvalue weighted by Gasteiger charge is -2.07. The van der Waals surface area contributed by atoms with Crippen LogP contribution in [0.2, 0.25) is 0 Å². The van der Waals surface area contributed by atoms with Gasteiger partial charge in [0, 0.05) is 5.39 Å². The van der Waals surface area contributed by atoms with Crippen molar-refractivity contribution in [2.45, 2.75) is 33.2 Å². The van der Waals surface area contributed by atoms with Crippen LogP contribution in [0.5, 0.6) is 0 Å². The van der Waals surface area contributed by atoms with Crippen LogP contribution in [0, 0.1) is 6.92 Å². The number of benzene rings is 1. The molecule has 0 bridgehead atoms. The summed E-state index contributed by atoms with van der Waals surface area (Å²) in [6.45, 7) is 4.63. The molecular weight excluding hydrogens is 292 g/mol. The summed E-state index contributed by atoms with van der Waals surface area (Å²) >= 11 is 0. The number of ether oxygens (including phenoxy) is 1. The van der Waals surface area contributed by atoms with Crippen molar-refractivity contribution in [3.63, 3.8) is 0 Å². The molecule has 0 aliphatic rings. The number of hydrogen-bond donors (Lipinski definition) is 1. The van der Waals surface area contributed by atoms with E-state index < -0.39 is 0 Å².